The summed E-state index contributed by atoms with van der Waals surface area (Å²) in [6.07, 6.45) is -0.991. The highest BCUT2D eigenvalue weighted by atomic mass is 16.3. The van der Waals surface area contributed by atoms with Crippen LogP contribution in [0.1, 0.15) is 0 Å². The van der Waals surface area contributed by atoms with Crippen LogP contribution in [0.3, 0.4) is 0 Å². The van der Waals surface area contributed by atoms with E-state index in [1.165, 1.54) is 4.90 Å². The molecule has 0 fully saturated rings. The molecular formula is C6H15NO4. The van der Waals surface area contributed by atoms with Crippen LogP contribution in [-0.4, -0.2) is 64.5 Å². The molecule has 0 amide bonds. The third kappa shape index (κ3) is 4.28. The molecule has 0 aliphatic rings. The van der Waals surface area contributed by atoms with Gasteiger partial charge < -0.3 is 20.4 Å². The number of hydrogen-bond donors (Lipinski definition) is 4. The fourth-order valence-electron chi connectivity index (χ4n) is 0.782. The molecule has 0 saturated carbocycles. The van der Waals surface area contributed by atoms with Crippen LogP contribution >= 0.6 is 0 Å². The zero-order valence-electron chi connectivity index (χ0n) is 6.35. The molecule has 0 aromatic rings. The van der Waals surface area contributed by atoms with Gasteiger partial charge in [0.15, 0.2) is 0 Å². The predicted molar refractivity (Wildman–Crippen MR) is 38.8 cm³/mol. The Balaban J connectivity index is 3.66. The molecule has 0 aliphatic heterocycles. The molecule has 0 saturated heterocycles. The number of hydrogen-bond acceptors (Lipinski definition) is 5. The summed E-state index contributed by atoms with van der Waals surface area (Å²) < 4.78 is 0. The van der Waals surface area contributed by atoms with Gasteiger partial charge in [-0.05, 0) is 0 Å². The van der Waals surface area contributed by atoms with Crippen LogP contribution in [0.15, 0.2) is 0 Å². The Kier molecular flexibility index (Phi) is 6.39. The molecule has 4 N–H and O–H groups in total. The van der Waals surface area contributed by atoms with Gasteiger partial charge in [0.25, 0.3) is 0 Å². The largest absolute Gasteiger partial charge is 0.395 e. The summed E-state index contributed by atoms with van der Waals surface area (Å²) >= 11 is 0. The molecule has 0 aromatic carbocycles. The quantitative estimate of drug-likeness (QED) is 0.329. The predicted octanol–water partition coefficient (Wildman–Crippen LogP) is -2.42. The highest BCUT2D eigenvalue weighted by Crippen LogP contribution is 1.93. The lowest BCUT2D eigenvalue weighted by Crippen LogP contribution is -2.41. The van der Waals surface area contributed by atoms with Crippen LogP contribution in [0, 0.1) is 0 Å². The van der Waals surface area contributed by atoms with E-state index in [4.69, 9.17) is 20.4 Å². The second-order valence-electron chi connectivity index (χ2n) is 2.15. The molecule has 5 nitrogen and oxygen atoms in total. The zero-order valence-corrected chi connectivity index (χ0v) is 6.35. The van der Waals surface area contributed by atoms with Gasteiger partial charge in [0, 0.05) is 13.1 Å². The van der Waals surface area contributed by atoms with Crippen molar-refractivity contribution in [3.63, 3.8) is 0 Å². The zero-order chi connectivity index (χ0) is 8.69. The summed E-state index contributed by atoms with van der Waals surface area (Å²) in [6, 6.07) is 0. The molecule has 0 heterocycles. The number of rotatable bonds is 6. The second-order valence-corrected chi connectivity index (χ2v) is 2.15. The van der Waals surface area contributed by atoms with Crippen molar-refractivity contribution in [3.05, 3.63) is 0 Å². The topological polar surface area (TPSA) is 84.2 Å². The third-order valence-corrected chi connectivity index (χ3v) is 1.36. The first-order valence-corrected chi connectivity index (χ1v) is 3.51. The van der Waals surface area contributed by atoms with Gasteiger partial charge in [-0.15, -0.1) is 0 Å². The number of nitrogens with zero attached hydrogens (tertiary/aromatic N) is 1. The maximum absolute atomic E-state index is 9.03. The van der Waals surface area contributed by atoms with Crippen LogP contribution < -0.4 is 0 Å². The third-order valence-electron chi connectivity index (χ3n) is 1.36. The summed E-state index contributed by atoms with van der Waals surface area (Å²) in [6.45, 7) is -0.0846. The highest BCUT2D eigenvalue weighted by molar-refractivity contribution is 4.59. The molecule has 5 heteroatoms. The molecule has 0 aromatic heterocycles. The first-order valence-electron chi connectivity index (χ1n) is 3.51. The van der Waals surface area contributed by atoms with Crippen molar-refractivity contribution >= 4 is 0 Å². The van der Waals surface area contributed by atoms with E-state index in [1.807, 2.05) is 0 Å². The lowest BCUT2D eigenvalue weighted by atomic mass is 10.4. The van der Waals surface area contributed by atoms with Gasteiger partial charge in [0.1, 0.15) is 6.23 Å². The lowest BCUT2D eigenvalue weighted by molar-refractivity contribution is -0.0465. The molecule has 0 rings (SSSR count). The van der Waals surface area contributed by atoms with Crippen LogP contribution in [0.2, 0.25) is 0 Å². The fraction of sp³-hybridized carbons (Fsp3) is 1.00. The van der Waals surface area contributed by atoms with Crippen LogP contribution in [0.4, 0.5) is 0 Å². The first kappa shape index (κ1) is 10.8. The average Bonchev–Trinajstić information content (AvgIpc) is 2.03. The first-order chi connectivity index (χ1) is 5.26. The maximum Gasteiger partial charge on any atom is 0.130 e. The minimum Gasteiger partial charge on any atom is -0.395 e. The van der Waals surface area contributed by atoms with Crippen LogP contribution in [0.25, 0.3) is 0 Å². The van der Waals surface area contributed by atoms with Crippen molar-refractivity contribution in [2.45, 2.75) is 6.23 Å². The minimum atomic E-state index is -0.991. The molecule has 0 bridgehead atoms. The van der Waals surface area contributed by atoms with Gasteiger partial charge in [-0.2, -0.15) is 0 Å². The van der Waals surface area contributed by atoms with E-state index in [1.54, 1.807) is 0 Å². The van der Waals surface area contributed by atoms with Crippen molar-refractivity contribution in [1.29, 1.82) is 0 Å². The van der Waals surface area contributed by atoms with Crippen LogP contribution in [0.5, 0.6) is 0 Å². The molecule has 0 aliphatic carbocycles. The molecule has 1 atom stereocenters. The van der Waals surface area contributed by atoms with Gasteiger partial charge in [-0.3, -0.25) is 4.90 Å². The minimum absolute atomic E-state index is 0.100. The highest BCUT2D eigenvalue weighted by Gasteiger charge is 2.12. The summed E-state index contributed by atoms with van der Waals surface area (Å²) in [4.78, 5) is 1.39. The summed E-state index contributed by atoms with van der Waals surface area (Å²) in [5.41, 5.74) is 0. The summed E-state index contributed by atoms with van der Waals surface area (Å²) in [5, 5.41) is 34.5. The van der Waals surface area contributed by atoms with E-state index in [0.717, 1.165) is 0 Å². The number of aliphatic hydroxyl groups excluding tert-OH is 4. The van der Waals surface area contributed by atoms with Gasteiger partial charge >= 0.3 is 0 Å². The van der Waals surface area contributed by atoms with E-state index >= 15 is 0 Å². The Morgan fingerprint density at radius 3 is 1.73 bits per heavy atom. The van der Waals surface area contributed by atoms with Crippen LogP contribution in [-0.2, 0) is 0 Å². The second kappa shape index (κ2) is 6.51. The molecule has 0 radical (unpaired) electrons. The average molecular weight is 165 g/mol. The van der Waals surface area contributed by atoms with E-state index in [0.29, 0.717) is 0 Å². The Bertz CT molecular complexity index is 84.7. The van der Waals surface area contributed by atoms with Gasteiger partial charge in [-0.1, -0.05) is 0 Å². The Morgan fingerprint density at radius 2 is 1.45 bits per heavy atom. The molecule has 68 valence electrons. The maximum atomic E-state index is 9.03. The van der Waals surface area contributed by atoms with E-state index in [2.05, 4.69) is 0 Å². The Morgan fingerprint density at radius 1 is 1.00 bits per heavy atom. The van der Waals surface area contributed by atoms with Gasteiger partial charge in [0.2, 0.25) is 0 Å². The summed E-state index contributed by atoms with van der Waals surface area (Å²) in [7, 11) is 0. The SMILES string of the molecule is OCCN(CCO)C(O)CO. The van der Waals surface area contributed by atoms with Crippen molar-refractivity contribution in [2.75, 3.05) is 32.9 Å². The lowest BCUT2D eigenvalue weighted by Gasteiger charge is -2.24. The number of aliphatic hydroxyl groups is 4. The van der Waals surface area contributed by atoms with Crippen molar-refractivity contribution in [3.8, 4) is 0 Å². The summed E-state index contributed by atoms with van der Waals surface area (Å²) in [5.74, 6) is 0. The molecular weight excluding hydrogens is 150 g/mol. The van der Waals surface area contributed by atoms with Crippen molar-refractivity contribution < 1.29 is 20.4 Å². The Hall–Kier alpha value is -0.200. The van der Waals surface area contributed by atoms with Crippen molar-refractivity contribution in [2.24, 2.45) is 0 Å². The smallest absolute Gasteiger partial charge is 0.130 e. The van der Waals surface area contributed by atoms with E-state index in [-0.39, 0.29) is 32.9 Å². The molecule has 0 spiro atoms. The van der Waals surface area contributed by atoms with Gasteiger partial charge in [0.05, 0.1) is 19.8 Å². The van der Waals surface area contributed by atoms with Crippen molar-refractivity contribution in [1.82, 2.24) is 4.90 Å². The molecule has 11 heavy (non-hydrogen) atoms. The molecule has 1 unspecified atom stereocenters. The van der Waals surface area contributed by atoms with Gasteiger partial charge in [-0.25, -0.2) is 0 Å². The fourth-order valence-corrected chi connectivity index (χ4v) is 0.782. The van der Waals surface area contributed by atoms with E-state index < -0.39 is 6.23 Å². The monoisotopic (exact) mass is 165 g/mol. The Labute approximate surface area is 65.5 Å². The standard InChI is InChI=1S/C6H15NO4/c8-3-1-7(2-4-9)6(11)5-10/h6,8-11H,1-5H2. The normalized spacial score (nSPS) is 13.9. The van der Waals surface area contributed by atoms with E-state index in [9.17, 15) is 0 Å².